The van der Waals surface area contributed by atoms with Gasteiger partial charge in [-0.3, -0.25) is 14.6 Å². The molecule has 0 aliphatic carbocycles. The molecule has 0 saturated heterocycles. The molecule has 0 radical (unpaired) electrons. The van der Waals surface area contributed by atoms with Crippen molar-refractivity contribution in [2.24, 2.45) is 0 Å². The first-order valence-electron chi connectivity index (χ1n) is 6.41. The Morgan fingerprint density at radius 2 is 1.45 bits per heavy atom. The first-order valence-corrected chi connectivity index (χ1v) is 8.38. The maximum absolute atomic E-state index is 11.4. The lowest BCUT2D eigenvalue weighted by Gasteiger charge is -2.05. The van der Waals surface area contributed by atoms with E-state index in [1.807, 2.05) is 32.0 Å². The summed E-state index contributed by atoms with van der Waals surface area (Å²) in [4.78, 5) is 27.1. The molecule has 0 unspecified atom stereocenters. The van der Waals surface area contributed by atoms with Crippen molar-refractivity contribution in [2.75, 3.05) is 13.1 Å². The van der Waals surface area contributed by atoms with Gasteiger partial charge in [-0.1, -0.05) is 29.6 Å². The minimum Gasteiger partial charge on any atom is -0.347 e. The van der Waals surface area contributed by atoms with Gasteiger partial charge in [0.25, 0.3) is 10.5 Å². The van der Waals surface area contributed by atoms with Gasteiger partial charge in [0.1, 0.15) is 0 Å². The fourth-order valence-corrected chi connectivity index (χ4v) is 2.73. The fourth-order valence-electron chi connectivity index (χ4n) is 1.36. The number of rotatable bonds is 6. The monoisotopic (exact) mass is 313 g/mol. The van der Waals surface area contributed by atoms with Gasteiger partial charge in [0.2, 0.25) is 0 Å². The third-order valence-corrected chi connectivity index (χ3v) is 3.90. The predicted octanol–water partition coefficient (Wildman–Crippen LogP) is 3.01. The second-order valence-electron chi connectivity index (χ2n) is 3.83. The number of carbonyl (C=O) groups is 2. The van der Waals surface area contributed by atoms with Gasteiger partial charge >= 0.3 is 0 Å². The van der Waals surface area contributed by atoms with E-state index in [4.69, 9.17) is 0 Å². The van der Waals surface area contributed by atoms with Gasteiger partial charge in [-0.05, 0) is 26.0 Å². The van der Waals surface area contributed by atoms with E-state index in [0.29, 0.717) is 24.6 Å². The van der Waals surface area contributed by atoms with Crippen LogP contribution in [0.2, 0.25) is 0 Å². The molecule has 0 fully saturated rings. The molecule has 2 amide bonds. The van der Waals surface area contributed by atoms with Gasteiger partial charge in [-0.25, -0.2) is 0 Å². The summed E-state index contributed by atoms with van der Waals surface area (Å²) in [5, 5.41) is 5.36. The first-order chi connectivity index (χ1) is 9.65. The standard InChI is InChI=1S/C13H19N3O2S2/c1-3-14-12(17)19-8-10-6-5-7-11(16-10)9-20-13(18)15-4-2/h5-7H,3-4,8-9H2,1-2H3,(H,14,17)(H,15,18). The number of hydrogen-bond donors (Lipinski definition) is 2. The van der Waals surface area contributed by atoms with E-state index in [2.05, 4.69) is 15.6 Å². The van der Waals surface area contributed by atoms with Crippen LogP contribution in [0, 0.1) is 0 Å². The molecule has 1 aromatic heterocycles. The van der Waals surface area contributed by atoms with Gasteiger partial charge in [-0.2, -0.15) is 0 Å². The van der Waals surface area contributed by atoms with Crippen molar-refractivity contribution in [3.8, 4) is 0 Å². The normalized spacial score (nSPS) is 10.1. The predicted molar refractivity (Wildman–Crippen MR) is 85.0 cm³/mol. The molecule has 0 bridgehead atoms. The highest BCUT2D eigenvalue weighted by atomic mass is 32.2. The Kier molecular flexibility index (Phi) is 8.13. The van der Waals surface area contributed by atoms with E-state index in [0.717, 1.165) is 11.4 Å². The number of hydrogen-bond acceptors (Lipinski definition) is 5. The zero-order valence-electron chi connectivity index (χ0n) is 11.6. The Morgan fingerprint density at radius 1 is 1.00 bits per heavy atom. The topological polar surface area (TPSA) is 71.1 Å². The highest BCUT2D eigenvalue weighted by Gasteiger charge is 2.05. The average Bonchev–Trinajstić information content (AvgIpc) is 2.44. The van der Waals surface area contributed by atoms with Crippen LogP contribution in [0.4, 0.5) is 9.59 Å². The number of pyridine rings is 1. The van der Waals surface area contributed by atoms with E-state index < -0.39 is 0 Å². The van der Waals surface area contributed by atoms with Crippen LogP contribution in [0.5, 0.6) is 0 Å². The average molecular weight is 313 g/mol. The van der Waals surface area contributed by atoms with E-state index in [9.17, 15) is 9.59 Å². The second kappa shape index (κ2) is 9.66. The molecular weight excluding hydrogens is 294 g/mol. The highest BCUT2D eigenvalue weighted by molar-refractivity contribution is 8.13. The Bertz CT molecular complexity index is 418. The number of nitrogens with zero attached hydrogens (tertiary/aromatic N) is 1. The molecule has 20 heavy (non-hydrogen) atoms. The molecule has 1 aromatic rings. The third-order valence-electron chi connectivity index (χ3n) is 2.21. The Labute approximate surface area is 127 Å². The van der Waals surface area contributed by atoms with Crippen molar-refractivity contribution in [2.45, 2.75) is 25.4 Å². The summed E-state index contributed by atoms with van der Waals surface area (Å²) in [5.74, 6) is 1.07. The molecule has 1 heterocycles. The quantitative estimate of drug-likeness (QED) is 0.845. The van der Waals surface area contributed by atoms with Crippen LogP contribution in [0.1, 0.15) is 25.2 Å². The van der Waals surface area contributed by atoms with Crippen molar-refractivity contribution in [3.63, 3.8) is 0 Å². The summed E-state index contributed by atoms with van der Waals surface area (Å²) < 4.78 is 0. The van der Waals surface area contributed by atoms with E-state index in [1.165, 1.54) is 23.5 Å². The molecule has 110 valence electrons. The zero-order chi connectivity index (χ0) is 14.8. The lowest BCUT2D eigenvalue weighted by molar-refractivity contribution is 0.260. The summed E-state index contributed by atoms with van der Waals surface area (Å²) in [6, 6.07) is 5.66. The van der Waals surface area contributed by atoms with E-state index >= 15 is 0 Å². The first kappa shape index (κ1) is 16.8. The maximum atomic E-state index is 11.4. The summed E-state index contributed by atoms with van der Waals surface area (Å²) >= 11 is 2.39. The summed E-state index contributed by atoms with van der Waals surface area (Å²) in [6.45, 7) is 5.02. The molecule has 0 aliphatic rings. The van der Waals surface area contributed by atoms with Crippen molar-refractivity contribution >= 4 is 34.0 Å². The van der Waals surface area contributed by atoms with Crippen LogP contribution in [0.15, 0.2) is 18.2 Å². The van der Waals surface area contributed by atoms with E-state index in [-0.39, 0.29) is 10.5 Å². The maximum Gasteiger partial charge on any atom is 0.279 e. The molecule has 0 saturated carbocycles. The number of aromatic nitrogens is 1. The lowest BCUT2D eigenvalue weighted by atomic mass is 10.3. The van der Waals surface area contributed by atoms with Crippen LogP contribution < -0.4 is 10.6 Å². The molecule has 0 aliphatic heterocycles. The van der Waals surface area contributed by atoms with Crippen LogP contribution in [-0.4, -0.2) is 28.6 Å². The summed E-state index contributed by atoms with van der Waals surface area (Å²) in [6.07, 6.45) is 0. The van der Waals surface area contributed by atoms with Crippen LogP contribution in [0.3, 0.4) is 0 Å². The minimum absolute atomic E-state index is 0.0450. The van der Waals surface area contributed by atoms with Gasteiger partial charge < -0.3 is 10.6 Å². The van der Waals surface area contributed by atoms with Crippen molar-refractivity contribution in [1.29, 1.82) is 0 Å². The molecule has 0 aromatic carbocycles. The van der Waals surface area contributed by atoms with E-state index in [1.54, 1.807) is 0 Å². The molecule has 1 rings (SSSR count). The van der Waals surface area contributed by atoms with Crippen molar-refractivity contribution in [3.05, 3.63) is 29.6 Å². The number of thioether (sulfide) groups is 2. The highest BCUT2D eigenvalue weighted by Crippen LogP contribution is 2.15. The fraction of sp³-hybridized carbons (Fsp3) is 0.462. The van der Waals surface area contributed by atoms with Gasteiger partial charge in [0, 0.05) is 24.6 Å². The van der Waals surface area contributed by atoms with Gasteiger partial charge in [0.15, 0.2) is 0 Å². The lowest BCUT2D eigenvalue weighted by Crippen LogP contribution is -2.18. The minimum atomic E-state index is -0.0450. The van der Waals surface area contributed by atoms with Crippen molar-refractivity contribution in [1.82, 2.24) is 15.6 Å². The number of carbonyl (C=O) groups excluding carboxylic acids is 2. The van der Waals surface area contributed by atoms with Crippen LogP contribution >= 0.6 is 23.5 Å². The molecular formula is C13H19N3O2S2. The molecule has 2 N–H and O–H groups in total. The Balaban J connectivity index is 2.45. The van der Waals surface area contributed by atoms with Crippen LogP contribution in [-0.2, 0) is 11.5 Å². The number of amides is 2. The summed E-state index contributed by atoms with van der Waals surface area (Å²) in [5.41, 5.74) is 1.69. The Morgan fingerprint density at radius 3 is 1.85 bits per heavy atom. The Hall–Kier alpha value is -1.21. The zero-order valence-corrected chi connectivity index (χ0v) is 13.3. The SMILES string of the molecule is CCNC(=O)SCc1cccc(CSC(=O)NCC)n1. The smallest absolute Gasteiger partial charge is 0.279 e. The molecule has 7 heteroatoms. The van der Waals surface area contributed by atoms with Gasteiger partial charge in [-0.15, -0.1) is 0 Å². The van der Waals surface area contributed by atoms with Gasteiger partial charge in [0.05, 0.1) is 11.4 Å². The van der Waals surface area contributed by atoms with Crippen molar-refractivity contribution < 1.29 is 9.59 Å². The molecule has 5 nitrogen and oxygen atoms in total. The third kappa shape index (κ3) is 6.81. The summed E-state index contributed by atoms with van der Waals surface area (Å²) in [7, 11) is 0. The van der Waals surface area contributed by atoms with Crippen LogP contribution in [0.25, 0.3) is 0 Å². The second-order valence-corrected chi connectivity index (χ2v) is 5.73. The largest absolute Gasteiger partial charge is 0.347 e. The molecule has 0 atom stereocenters. The number of nitrogens with one attached hydrogen (secondary N) is 2. The molecule has 0 spiro atoms.